The fraction of sp³-hybridized carbons (Fsp3) is 0.367. The van der Waals surface area contributed by atoms with Gasteiger partial charge in [-0.15, -0.1) is 0 Å². The molecule has 0 amide bonds. The smallest absolute Gasteiger partial charge is 0.336 e. The zero-order chi connectivity index (χ0) is 27.2. The molecule has 0 radical (unpaired) electrons. The van der Waals surface area contributed by atoms with E-state index in [0.29, 0.717) is 34.2 Å². The highest BCUT2D eigenvalue weighted by atomic mass is 32.2. The minimum atomic E-state index is -0.960. The van der Waals surface area contributed by atoms with Crippen LogP contribution in [0.25, 0.3) is 0 Å². The molecule has 4 atom stereocenters. The number of para-hydroxylation sites is 1. The van der Waals surface area contributed by atoms with Crippen LogP contribution in [0.4, 0.5) is 0 Å². The zero-order valence-electron chi connectivity index (χ0n) is 22.1. The number of carbonyl (C=O) groups excluding carboxylic acids is 3. The van der Waals surface area contributed by atoms with Crippen LogP contribution in [0.5, 0.6) is 11.5 Å². The summed E-state index contributed by atoms with van der Waals surface area (Å²) in [4.78, 5) is 40.0. The number of carbonyl (C=O) groups is 3. The van der Waals surface area contributed by atoms with E-state index in [1.165, 1.54) is 7.11 Å². The molecule has 0 saturated carbocycles. The van der Waals surface area contributed by atoms with E-state index in [1.807, 2.05) is 81.4 Å². The van der Waals surface area contributed by atoms with Gasteiger partial charge in [0.05, 0.1) is 18.6 Å². The molecule has 2 aliphatic rings. The highest BCUT2D eigenvalue weighted by Gasteiger charge is 2.50. The lowest BCUT2D eigenvalue weighted by atomic mass is 9.66. The summed E-state index contributed by atoms with van der Waals surface area (Å²) < 4.78 is 16.7. The molecular weight excluding hydrogens is 502 g/mol. The Labute approximate surface area is 227 Å². The quantitative estimate of drug-likeness (QED) is 0.265. The van der Waals surface area contributed by atoms with E-state index >= 15 is 0 Å². The van der Waals surface area contributed by atoms with Gasteiger partial charge in [0.25, 0.3) is 0 Å². The standard InChI is InChI=1S/C30H33NO6S/c1-5-38-15-14-36-30(34)25-19(3)31-23-16-18(2)24(29(33)35-4)28(32)27(23)26(25)20-10-9-13-22(17-20)37-21-11-7-6-8-12-21/h6-13,16-18,24,26-27,31H,5,14-15H2,1-4H3. The summed E-state index contributed by atoms with van der Waals surface area (Å²) >= 11 is 1.68. The molecule has 0 saturated heterocycles. The Morgan fingerprint density at radius 3 is 2.47 bits per heavy atom. The molecule has 0 bridgehead atoms. The number of ketones is 1. The number of rotatable bonds is 9. The van der Waals surface area contributed by atoms with Crippen molar-refractivity contribution in [3.8, 4) is 11.5 Å². The summed E-state index contributed by atoms with van der Waals surface area (Å²) in [6, 6.07) is 16.8. The minimum absolute atomic E-state index is 0.265. The van der Waals surface area contributed by atoms with Crippen molar-refractivity contribution in [2.24, 2.45) is 17.8 Å². The van der Waals surface area contributed by atoms with Crippen molar-refractivity contribution in [2.45, 2.75) is 26.7 Å². The van der Waals surface area contributed by atoms with Crippen molar-refractivity contribution < 1.29 is 28.6 Å². The second kappa shape index (κ2) is 12.3. The number of ether oxygens (including phenoxy) is 3. The third-order valence-electron chi connectivity index (χ3n) is 6.83. The van der Waals surface area contributed by atoms with Crippen LogP contribution in [-0.4, -0.2) is 42.9 Å². The highest BCUT2D eigenvalue weighted by molar-refractivity contribution is 7.99. The maximum atomic E-state index is 13.9. The van der Waals surface area contributed by atoms with E-state index in [4.69, 9.17) is 14.2 Å². The van der Waals surface area contributed by atoms with Crippen molar-refractivity contribution in [3.63, 3.8) is 0 Å². The lowest BCUT2D eigenvalue weighted by Gasteiger charge is -2.41. The summed E-state index contributed by atoms with van der Waals surface area (Å²) in [5, 5.41) is 3.27. The molecule has 1 aliphatic heterocycles. The zero-order valence-corrected chi connectivity index (χ0v) is 22.9. The minimum Gasteiger partial charge on any atom is -0.468 e. The van der Waals surface area contributed by atoms with E-state index in [2.05, 4.69) is 5.32 Å². The topological polar surface area (TPSA) is 90.9 Å². The van der Waals surface area contributed by atoms with Gasteiger partial charge in [-0.25, -0.2) is 4.79 Å². The fourth-order valence-corrected chi connectivity index (χ4v) is 5.63. The highest BCUT2D eigenvalue weighted by Crippen LogP contribution is 2.47. The summed E-state index contributed by atoms with van der Waals surface area (Å²) in [5.41, 5.74) is 2.39. The number of fused-ring (bicyclic) bond motifs is 1. The second-order valence-corrected chi connectivity index (χ2v) is 10.7. The first kappa shape index (κ1) is 27.5. The molecule has 0 aromatic heterocycles. The van der Waals surface area contributed by atoms with Gasteiger partial charge in [-0.2, -0.15) is 11.8 Å². The van der Waals surface area contributed by atoms with Gasteiger partial charge >= 0.3 is 11.9 Å². The molecule has 200 valence electrons. The van der Waals surface area contributed by atoms with Crippen molar-refractivity contribution in [3.05, 3.63) is 83.2 Å². The molecular formula is C30H33NO6S. The average Bonchev–Trinajstić information content (AvgIpc) is 2.90. The lowest BCUT2D eigenvalue weighted by Crippen LogP contribution is -2.47. The summed E-state index contributed by atoms with van der Waals surface area (Å²) in [5.74, 6) is -1.25. The number of hydrogen-bond donors (Lipinski definition) is 1. The Morgan fingerprint density at radius 2 is 1.76 bits per heavy atom. The Kier molecular flexibility index (Phi) is 8.94. The summed E-state index contributed by atoms with van der Waals surface area (Å²) in [7, 11) is 1.28. The molecule has 38 heavy (non-hydrogen) atoms. The monoisotopic (exact) mass is 535 g/mol. The van der Waals surface area contributed by atoms with Crippen molar-refractivity contribution in [2.75, 3.05) is 25.2 Å². The molecule has 2 aromatic carbocycles. The van der Waals surface area contributed by atoms with Crippen LogP contribution in [0, 0.1) is 17.8 Å². The van der Waals surface area contributed by atoms with Gasteiger partial charge in [0.2, 0.25) is 0 Å². The van der Waals surface area contributed by atoms with Gasteiger partial charge in [0.15, 0.2) is 5.78 Å². The van der Waals surface area contributed by atoms with Gasteiger partial charge in [-0.1, -0.05) is 50.3 Å². The SMILES string of the molecule is CCSCCOC(=O)C1=C(C)NC2=CC(C)C(C(=O)OC)C(=O)C2C1c1cccc(Oc2ccccc2)c1. The third kappa shape index (κ3) is 5.80. The number of thioether (sulfide) groups is 1. The van der Waals surface area contributed by atoms with E-state index in [9.17, 15) is 14.4 Å². The van der Waals surface area contributed by atoms with E-state index < -0.39 is 29.7 Å². The van der Waals surface area contributed by atoms with Crippen molar-refractivity contribution in [1.29, 1.82) is 0 Å². The summed E-state index contributed by atoms with van der Waals surface area (Å²) in [6.07, 6.45) is 1.90. The molecule has 7 nitrogen and oxygen atoms in total. The normalized spacial score (nSPS) is 22.6. The fourth-order valence-electron chi connectivity index (χ4n) is 5.14. The van der Waals surface area contributed by atoms with Crippen LogP contribution in [-0.2, 0) is 23.9 Å². The number of esters is 2. The largest absolute Gasteiger partial charge is 0.468 e. The van der Waals surface area contributed by atoms with Gasteiger partial charge in [0.1, 0.15) is 24.0 Å². The number of benzene rings is 2. The molecule has 4 rings (SSSR count). The average molecular weight is 536 g/mol. The third-order valence-corrected chi connectivity index (χ3v) is 7.70. The molecule has 4 unspecified atom stereocenters. The molecule has 1 aliphatic carbocycles. The molecule has 0 spiro atoms. The van der Waals surface area contributed by atoms with Crippen LogP contribution in [0.3, 0.4) is 0 Å². The Morgan fingerprint density at radius 1 is 1.03 bits per heavy atom. The first-order valence-electron chi connectivity index (χ1n) is 12.7. The Hall–Kier alpha value is -3.52. The van der Waals surface area contributed by atoms with Gasteiger partial charge in [0, 0.05) is 23.1 Å². The second-order valence-electron chi connectivity index (χ2n) is 9.32. The number of allylic oxidation sites excluding steroid dienone is 3. The Balaban J connectivity index is 1.77. The molecule has 1 heterocycles. The molecule has 1 N–H and O–H groups in total. The predicted octanol–water partition coefficient (Wildman–Crippen LogP) is 5.24. The first-order chi connectivity index (χ1) is 18.3. The van der Waals surface area contributed by atoms with Gasteiger partial charge in [-0.05, 0) is 48.4 Å². The number of methoxy groups -OCH3 is 1. The van der Waals surface area contributed by atoms with Crippen molar-refractivity contribution in [1.82, 2.24) is 5.32 Å². The van der Waals surface area contributed by atoms with Crippen LogP contribution in [0.15, 0.2) is 77.6 Å². The first-order valence-corrected chi connectivity index (χ1v) is 13.9. The van der Waals surface area contributed by atoms with Gasteiger partial charge in [-0.3, -0.25) is 9.59 Å². The number of Topliss-reactive ketones (excluding diaryl/α,β-unsaturated/α-hetero) is 1. The number of nitrogens with one attached hydrogen (secondary N) is 1. The summed E-state index contributed by atoms with van der Waals surface area (Å²) in [6.45, 7) is 5.95. The van der Waals surface area contributed by atoms with E-state index in [0.717, 1.165) is 11.3 Å². The lowest BCUT2D eigenvalue weighted by molar-refractivity contribution is -0.152. The van der Waals surface area contributed by atoms with Crippen LogP contribution in [0.2, 0.25) is 0 Å². The molecule has 8 heteroatoms. The van der Waals surface area contributed by atoms with Crippen molar-refractivity contribution >= 4 is 29.5 Å². The maximum Gasteiger partial charge on any atom is 0.336 e. The van der Waals surface area contributed by atoms with Crippen LogP contribution in [0.1, 0.15) is 32.3 Å². The molecule has 2 aromatic rings. The van der Waals surface area contributed by atoms with Crippen LogP contribution < -0.4 is 10.1 Å². The van der Waals surface area contributed by atoms with Gasteiger partial charge < -0.3 is 19.5 Å². The van der Waals surface area contributed by atoms with E-state index in [1.54, 1.807) is 11.8 Å². The maximum absolute atomic E-state index is 13.9. The molecule has 0 fully saturated rings. The number of hydrogen-bond acceptors (Lipinski definition) is 8. The predicted molar refractivity (Wildman–Crippen MR) is 147 cm³/mol. The van der Waals surface area contributed by atoms with E-state index in [-0.39, 0.29) is 18.3 Å². The van der Waals surface area contributed by atoms with Crippen LogP contribution >= 0.6 is 11.8 Å². The Bertz CT molecular complexity index is 1250.